The van der Waals surface area contributed by atoms with Crippen molar-refractivity contribution in [3.8, 4) is 0 Å². The van der Waals surface area contributed by atoms with Crippen LogP contribution in [0, 0.1) is 5.92 Å². The standard InChI is InChI=1S/C22H44N4O4/c1-17(2)19(25-21(27)30-22(3,4)5)11-13-26(7)20(23-6)24-12-9-14-28-16-18-10-8-15-29-18/h17-19H,8-16H2,1-7H3,(H,23,24)(H,25,27). The summed E-state index contributed by atoms with van der Waals surface area (Å²) in [5.74, 6) is 1.15. The van der Waals surface area contributed by atoms with Crippen molar-refractivity contribution in [3.05, 3.63) is 0 Å². The van der Waals surface area contributed by atoms with Crippen molar-refractivity contribution in [1.29, 1.82) is 0 Å². The van der Waals surface area contributed by atoms with E-state index in [1.54, 1.807) is 7.05 Å². The lowest BCUT2D eigenvalue weighted by molar-refractivity contribution is 0.0168. The smallest absolute Gasteiger partial charge is 0.407 e. The number of nitrogens with zero attached hydrogens (tertiary/aromatic N) is 2. The maximum atomic E-state index is 12.1. The molecule has 2 unspecified atom stereocenters. The van der Waals surface area contributed by atoms with E-state index in [4.69, 9.17) is 14.2 Å². The van der Waals surface area contributed by atoms with Crippen LogP contribution in [0.2, 0.25) is 0 Å². The summed E-state index contributed by atoms with van der Waals surface area (Å²) in [6.45, 7) is 13.6. The van der Waals surface area contributed by atoms with Crippen LogP contribution >= 0.6 is 0 Å². The van der Waals surface area contributed by atoms with Crippen LogP contribution in [-0.4, -0.2) is 81.7 Å². The zero-order chi connectivity index (χ0) is 22.6. The summed E-state index contributed by atoms with van der Waals surface area (Å²) in [5.41, 5.74) is -0.498. The van der Waals surface area contributed by atoms with Crippen molar-refractivity contribution in [2.24, 2.45) is 10.9 Å². The maximum absolute atomic E-state index is 12.1. The first kappa shape index (κ1) is 26.5. The Hall–Kier alpha value is -1.54. The monoisotopic (exact) mass is 428 g/mol. The van der Waals surface area contributed by atoms with Gasteiger partial charge in [-0.15, -0.1) is 0 Å². The van der Waals surface area contributed by atoms with Crippen molar-refractivity contribution in [2.45, 2.75) is 78.0 Å². The summed E-state index contributed by atoms with van der Waals surface area (Å²) in [5, 5.41) is 6.37. The number of hydrogen-bond acceptors (Lipinski definition) is 5. The third-order valence-corrected chi connectivity index (χ3v) is 4.93. The zero-order valence-electron chi connectivity index (χ0n) is 20.1. The highest BCUT2D eigenvalue weighted by molar-refractivity contribution is 5.79. The van der Waals surface area contributed by atoms with Gasteiger partial charge >= 0.3 is 6.09 Å². The van der Waals surface area contributed by atoms with Gasteiger partial charge in [-0.3, -0.25) is 4.99 Å². The molecule has 8 nitrogen and oxygen atoms in total. The fourth-order valence-corrected chi connectivity index (χ4v) is 3.22. The van der Waals surface area contributed by atoms with Crippen LogP contribution < -0.4 is 10.6 Å². The third kappa shape index (κ3) is 11.6. The molecule has 0 aromatic carbocycles. The number of rotatable bonds is 11. The van der Waals surface area contributed by atoms with Crippen LogP contribution in [0.3, 0.4) is 0 Å². The van der Waals surface area contributed by atoms with Crippen molar-refractivity contribution >= 4 is 12.1 Å². The van der Waals surface area contributed by atoms with Gasteiger partial charge < -0.3 is 29.7 Å². The fraction of sp³-hybridized carbons (Fsp3) is 0.909. The van der Waals surface area contributed by atoms with Gasteiger partial charge in [-0.05, 0) is 52.4 Å². The Balaban J connectivity index is 2.29. The highest BCUT2D eigenvalue weighted by Crippen LogP contribution is 2.12. The Kier molecular flexibility index (Phi) is 12.1. The second-order valence-corrected chi connectivity index (χ2v) is 9.24. The molecule has 0 bridgehead atoms. The van der Waals surface area contributed by atoms with E-state index in [0.29, 0.717) is 19.1 Å². The Morgan fingerprint density at radius 3 is 2.63 bits per heavy atom. The first-order valence-electron chi connectivity index (χ1n) is 11.2. The van der Waals surface area contributed by atoms with Crippen molar-refractivity contribution in [1.82, 2.24) is 15.5 Å². The first-order valence-corrected chi connectivity index (χ1v) is 11.2. The molecule has 0 saturated carbocycles. The summed E-state index contributed by atoms with van der Waals surface area (Å²) in [6.07, 6.45) is 3.88. The molecule has 0 radical (unpaired) electrons. The lowest BCUT2D eigenvalue weighted by atomic mass is 10.0. The van der Waals surface area contributed by atoms with E-state index in [1.165, 1.54) is 0 Å². The summed E-state index contributed by atoms with van der Waals surface area (Å²) in [4.78, 5) is 18.6. The minimum atomic E-state index is -0.498. The fourth-order valence-electron chi connectivity index (χ4n) is 3.22. The SMILES string of the molecule is CN=C(NCCCOCC1CCCO1)N(C)CCC(NC(=O)OC(C)(C)C)C(C)C. The molecule has 1 aliphatic heterocycles. The van der Waals surface area contributed by atoms with Gasteiger partial charge in [0.1, 0.15) is 5.60 Å². The molecular formula is C22H44N4O4. The Labute approximate surface area is 183 Å². The van der Waals surface area contributed by atoms with Gasteiger partial charge in [-0.1, -0.05) is 13.8 Å². The number of carbonyl (C=O) groups excluding carboxylic acids is 1. The normalized spacial score (nSPS) is 18.4. The second kappa shape index (κ2) is 13.7. The number of hydrogen-bond donors (Lipinski definition) is 2. The van der Waals surface area contributed by atoms with Gasteiger partial charge in [-0.25, -0.2) is 4.79 Å². The summed E-state index contributed by atoms with van der Waals surface area (Å²) < 4.78 is 16.6. The molecule has 1 aliphatic rings. The number of carbonyl (C=O) groups is 1. The zero-order valence-corrected chi connectivity index (χ0v) is 20.1. The molecule has 0 aromatic heterocycles. The molecule has 0 spiro atoms. The number of ether oxygens (including phenoxy) is 3. The van der Waals surface area contributed by atoms with E-state index in [9.17, 15) is 4.79 Å². The molecule has 1 rings (SSSR count). The van der Waals surface area contributed by atoms with Crippen molar-refractivity contribution in [3.63, 3.8) is 0 Å². The lowest BCUT2D eigenvalue weighted by Crippen LogP contribution is -2.45. The number of guanidine groups is 1. The predicted molar refractivity (Wildman–Crippen MR) is 121 cm³/mol. The molecule has 30 heavy (non-hydrogen) atoms. The summed E-state index contributed by atoms with van der Waals surface area (Å²) >= 11 is 0. The number of aliphatic imine (C=N–C) groups is 1. The van der Waals surface area contributed by atoms with E-state index in [-0.39, 0.29) is 18.2 Å². The van der Waals surface area contributed by atoms with Crippen LogP contribution in [0.5, 0.6) is 0 Å². The van der Waals surface area contributed by atoms with Crippen LogP contribution in [0.1, 0.15) is 60.3 Å². The molecular weight excluding hydrogens is 384 g/mol. The Morgan fingerprint density at radius 2 is 2.07 bits per heavy atom. The number of nitrogens with one attached hydrogen (secondary N) is 2. The molecule has 1 saturated heterocycles. The van der Waals surface area contributed by atoms with E-state index < -0.39 is 5.60 Å². The van der Waals surface area contributed by atoms with Gasteiger partial charge in [0, 0.05) is 46.4 Å². The molecule has 2 atom stereocenters. The highest BCUT2D eigenvalue weighted by Gasteiger charge is 2.22. The summed E-state index contributed by atoms with van der Waals surface area (Å²) in [7, 11) is 3.79. The maximum Gasteiger partial charge on any atom is 0.407 e. The minimum Gasteiger partial charge on any atom is -0.444 e. The minimum absolute atomic E-state index is 0.0339. The Bertz CT molecular complexity index is 514. The summed E-state index contributed by atoms with van der Waals surface area (Å²) in [6, 6.07) is 0.0339. The molecule has 1 heterocycles. The molecule has 1 fully saturated rings. The highest BCUT2D eigenvalue weighted by atomic mass is 16.6. The largest absolute Gasteiger partial charge is 0.444 e. The molecule has 176 valence electrons. The molecule has 0 aliphatic carbocycles. The molecule has 8 heteroatoms. The van der Waals surface area contributed by atoms with Crippen LogP contribution in [0.25, 0.3) is 0 Å². The average molecular weight is 429 g/mol. The van der Waals surface area contributed by atoms with Crippen molar-refractivity contribution < 1.29 is 19.0 Å². The van der Waals surface area contributed by atoms with E-state index in [2.05, 4.69) is 34.4 Å². The predicted octanol–water partition coefficient (Wildman–Crippen LogP) is 3.02. The van der Waals surface area contributed by atoms with E-state index >= 15 is 0 Å². The average Bonchev–Trinajstić information content (AvgIpc) is 3.16. The van der Waals surface area contributed by atoms with Gasteiger partial charge in [0.15, 0.2) is 5.96 Å². The first-order chi connectivity index (χ1) is 14.1. The van der Waals surface area contributed by atoms with E-state index in [1.807, 2.05) is 27.8 Å². The van der Waals surface area contributed by atoms with Gasteiger partial charge in [0.05, 0.1) is 12.7 Å². The number of amides is 1. The van der Waals surface area contributed by atoms with Crippen LogP contribution in [-0.2, 0) is 14.2 Å². The Morgan fingerprint density at radius 1 is 1.33 bits per heavy atom. The second-order valence-electron chi connectivity index (χ2n) is 9.24. The number of alkyl carbamates (subject to hydrolysis) is 1. The van der Waals surface area contributed by atoms with Gasteiger partial charge in [0.2, 0.25) is 0 Å². The third-order valence-electron chi connectivity index (χ3n) is 4.93. The molecule has 1 amide bonds. The van der Waals surface area contributed by atoms with Gasteiger partial charge in [-0.2, -0.15) is 0 Å². The quantitative estimate of drug-likeness (QED) is 0.299. The van der Waals surface area contributed by atoms with Crippen LogP contribution in [0.15, 0.2) is 4.99 Å². The van der Waals surface area contributed by atoms with Crippen LogP contribution in [0.4, 0.5) is 4.79 Å². The lowest BCUT2D eigenvalue weighted by Gasteiger charge is -2.28. The van der Waals surface area contributed by atoms with E-state index in [0.717, 1.165) is 51.3 Å². The molecule has 0 aromatic rings. The molecule has 2 N–H and O–H groups in total. The topological polar surface area (TPSA) is 84.4 Å². The van der Waals surface area contributed by atoms with Gasteiger partial charge in [0.25, 0.3) is 0 Å². The van der Waals surface area contributed by atoms with Crippen molar-refractivity contribution in [2.75, 3.05) is 47.0 Å².